The van der Waals surface area contributed by atoms with E-state index in [4.69, 9.17) is 5.73 Å². The first-order chi connectivity index (χ1) is 7.34. The molecule has 2 fully saturated rings. The lowest BCUT2D eigenvalue weighted by atomic mass is 10.1. The minimum atomic E-state index is 0. The molecule has 112 valence electrons. The van der Waals surface area contributed by atoms with Crippen molar-refractivity contribution in [3.63, 3.8) is 0 Å². The summed E-state index contributed by atoms with van der Waals surface area (Å²) in [5.41, 5.74) is 5.90. The normalized spacial score (nSPS) is 22.5. The first-order valence-electron chi connectivity index (χ1n) is 6.55. The molecule has 0 radical (unpaired) electrons. The van der Waals surface area contributed by atoms with Crippen molar-refractivity contribution in [2.45, 2.75) is 38.1 Å². The SMILES string of the molecule is Cl.Cl.Cl.NC1CCN(CCN2CCCCC2)CC1. The Morgan fingerprint density at radius 1 is 0.722 bits per heavy atom. The van der Waals surface area contributed by atoms with Crippen molar-refractivity contribution < 1.29 is 0 Å². The summed E-state index contributed by atoms with van der Waals surface area (Å²) in [6.07, 6.45) is 6.64. The van der Waals surface area contributed by atoms with Crippen LogP contribution >= 0.6 is 37.2 Å². The first kappa shape index (κ1) is 21.1. The van der Waals surface area contributed by atoms with Crippen molar-refractivity contribution in [3.05, 3.63) is 0 Å². The van der Waals surface area contributed by atoms with Crippen LogP contribution in [-0.2, 0) is 0 Å². The quantitative estimate of drug-likeness (QED) is 0.865. The monoisotopic (exact) mass is 319 g/mol. The number of halogens is 3. The lowest BCUT2D eigenvalue weighted by molar-refractivity contribution is 0.160. The van der Waals surface area contributed by atoms with E-state index in [1.54, 1.807) is 0 Å². The van der Waals surface area contributed by atoms with E-state index in [9.17, 15) is 0 Å². The highest BCUT2D eigenvalue weighted by Gasteiger charge is 2.17. The topological polar surface area (TPSA) is 32.5 Å². The summed E-state index contributed by atoms with van der Waals surface area (Å²) in [4.78, 5) is 5.20. The molecule has 0 unspecified atom stereocenters. The lowest BCUT2D eigenvalue weighted by Gasteiger charge is -2.33. The maximum Gasteiger partial charge on any atom is 0.0109 e. The van der Waals surface area contributed by atoms with E-state index in [1.807, 2.05) is 0 Å². The van der Waals surface area contributed by atoms with E-state index in [-0.39, 0.29) is 37.2 Å². The minimum absolute atomic E-state index is 0. The third kappa shape index (κ3) is 7.37. The maximum absolute atomic E-state index is 5.90. The summed E-state index contributed by atoms with van der Waals surface area (Å²) in [7, 11) is 0. The fourth-order valence-electron chi connectivity index (χ4n) is 2.64. The van der Waals surface area contributed by atoms with Crippen LogP contribution in [0.1, 0.15) is 32.1 Å². The standard InChI is InChI=1S/C12H25N3.3ClH/c13-12-4-8-15(9-5-12)11-10-14-6-2-1-3-7-14;;;/h12H,1-11,13H2;3*1H. The minimum Gasteiger partial charge on any atom is -0.328 e. The third-order valence-electron chi connectivity index (χ3n) is 3.81. The average Bonchev–Trinajstić information content (AvgIpc) is 2.30. The van der Waals surface area contributed by atoms with Gasteiger partial charge in [-0.2, -0.15) is 0 Å². The Kier molecular flexibility index (Phi) is 13.5. The zero-order valence-corrected chi connectivity index (χ0v) is 13.5. The molecule has 0 aromatic carbocycles. The van der Waals surface area contributed by atoms with Gasteiger partial charge in [-0.15, -0.1) is 37.2 Å². The Morgan fingerprint density at radius 3 is 1.67 bits per heavy atom. The van der Waals surface area contributed by atoms with Crippen LogP contribution in [0.25, 0.3) is 0 Å². The number of nitrogens with two attached hydrogens (primary N) is 1. The largest absolute Gasteiger partial charge is 0.328 e. The molecule has 0 amide bonds. The Balaban J connectivity index is 0. The first-order valence-corrected chi connectivity index (χ1v) is 6.55. The lowest BCUT2D eigenvalue weighted by Crippen LogP contribution is -2.43. The van der Waals surface area contributed by atoms with Gasteiger partial charge in [-0.25, -0.2) is 0 Å². The molecular weight excluding hydrogens is 293 g/mol. The second-order valence-electron chi connectivity index (χ2n) is 5.08. The maximum atomic E-state index is 5.90. The summed E-state index contributed by atoms with van der Waals surface area (Å²) in [6, 6.07) is 0.469. The van der Waals surface area contributed by atoms with Gasteiger partial charge in [-0.3, -0.25) is 0 Å². The Morgan fingerprint density at radius 2 is 1.17 bits per heavy atom. The van der Waals surface area contributed by atoms with Crippen LogP contribution in [0.2, 0.25) is 0 Å². The molecular formula is C12H28Cl3N3. The summed E-state index contributed by atoms with van der Waals surface area (Å²) in [6.45, 7) is 7.62. The third-order valence-corrected chi connectivity index (χ3v) is 3.81. The highest BCUT2D eigenvalue weighted by Crippen LogP contribution is 2.10. The van der Waals surface area contributed by atoms with E-state index in [0.29, 0.717) is 6.04 Å². The van der Waals surface area contributed by atoms with E-state index in [0.717, 1.165) is 0 Å². The van der Waals surface area contributed by atoms with Gasteiger partial charge in [0.15, 0.2) is 0 Å². The number of likely N-dealkylation sites (tertiary alicyclic amines) is 2. The van der Waals surface area contributed by atoms with E-state index < -0.39 is 0 Å². The van der Waals surface area contributed by atoms with Gasteiger partial charge in [0, 0.05) is 19.1 Å². The Labute approximate surface area is 130 Å². The molecule has 2 saturated heterocycles. The van der Waals surface area contributed by atoms with Gasteiger partial charge in [-0.1, -0.05) is 6.42 Å². The molecule has 0 aliphatic carbocycles. The molecule has 0 spiro atoms. The van der Waals surface area contributed by atoms with E-state index in [1.165, 1.54) is 71.4 Å². The van der Waals surface area contributed by atoms with Crippen LogP contribution in [0.5, 0.6) is 0 Å². The molecule has 0 aromatic rings. The van der Waals surface area contributed by atoms with Crippen molar-refractivity contribution >= 4 is 37.2 Å². The highest BCUT2D eigenvalue weighted by atomic mass is 35.5. The highest BCUT2D eigenvalue weighted by molar-refractivity contribution is 5.86. The molecule has 0 saturated carbocycles. The number of hydrogen-bond donors (Lipinski definition) is 1. The molecule has 2 N–H and O–H groups in total. The fourth-order valence-corrected chi connectivity index (χ4v) is 2.64. The molecule has 0 atom stereocenters. The number of piperidine rings is 2. The van der Waals surface area contributed by atoms with Gasteiger partial charge < -0.3 is 15.5 Å². The number of rotatable bonds is 3. The summed E-state index contributed by atoms with van der Waals surface area (Å²) in [5, 5.41) is 0. The van der Waals surface area contributed by atoms with Gasteiger partial charge in [0.1, 0.15) is 0 Å². The van der Waals surface area contributed by atoms with Gasteiger partial charge in [-0.05, 0) is 51.9 Å². The van der Waals surface area contributed by atoms with Crippen LogP contribution in [0, 0.1) is 0 Å². The molecule has 2 aliphatic rings. The van der Waals surface area contributed by atoms with Crippen molar-refractivity contribution in [2.75, 3.05) is 39.3 Å². The molecule has 3 nitrogen and oxygen atoms in total. The molecule has 2 aliphatic heterocycles. The molecule has 6 heteroatoms. The van der Waals surface area contributed by atoms with Crippen molar-refractivity contribution in [1.82, 2.24) is 9.80 Å². The summed E-state index contributed by atoms with van der Waals surface area (Å²) >= 11 is 0. The van der Waals surface area contributed by atoms with Gasteiger partial charge in [0.25, 0.3) is 0 Å². The van der Waals surface area contributed by atoms with E-state index >= 15 is 0 Å². The van der Waals surface area contributed by atoms with Crippen LogP contribution in [0.15, 0.2) is 0 Å². The van der Waals surface area contributed by atoms with Crippen LogP contribution in [-0.4, -0.2) is 55.1 Å². The molecule has 2 heterocycles. The van der Waals surface area contributed by atoms with Gasteiger partial charge >= 0.3 is 0 Å². The molecule has 2 rings (SSSR count). The van der Waals surface area contributed by atoms with Crippen LogP contribution in [0.4, 0.5) is 0 Å². The number of nitrogens with zero attached hydrogens (tertiary/aromatic N) is 2. The predicted octanol–water partition coefficient (Wildman–Crippen LogP) is 2.16. The molecule has 0 aromatic heterocycles. The predicted molar refractivity (Wildman–Crippen MR) is 85.7 cm³/mol. The zero-order chi connectivity index (χ0) is 10.5. The molecule has 18 heavy (non-hydrogen) atoms. The summed E-state index contributed by atoms with van der Waals surface area (Å²) in [5.74, 6) is 0. The van der Waals surface area contributed by atoms with Crippen LogP contribution in [0.3, 0.4) is 0 Å². The van der Waals surface area contributed by atoms with Crippen molar-refractivity contribution in [2.24, 2.45) is 5.73 Å². The van der Waals surface area contributed by atoms with Gasteiger partial charge in [0.05, 0.1) is 0 Å². The van der Waals surface area contributed by atoms with Crippen molar-refractivity contribution in [1.29, 1.82) is 0 Å². The Bertz CT molecular complexity index is 181. The molecule has 0 bridgehead atoms. The van der Waals surface area contributed by atoms with E-state index in [2.05, 4.69) is 9.80 Å². The average molecular weight is 321 g/mol. The zero-order valence-electron chi connectivity index (χ0n) is 11.1. The fraction of sp³-hybridized carbons (Fsp3) is 1.00. The Hall–Kier alpha value is 0.750. The summed E-state index contributed by atoms with van der Waals surface area (Å²) < 4.78 is 0. The van der Waals surface area contributed by atoms with Crippen molar-refractivity contribution in [3.8, 4) is 0 Å². The second-order valence-corrected chi connectivity index (χ2v) is 5.08. The van der Waals surface area contributed by atoms with Crippen LogP contribution < -0.4 is 5.73 Å². The van der Waals surface area contributed by atoms with Gasteiger partial charge in [0.2, 0.25) is 0 Å². The number of hydrogen-bond acceptors (Lipinski definition) is 3. The second kappa shape index (κ2) is 11.6. The smallest absolute Gasteiger partial charge is 0.0109 e.